The number of aliphatic hydroxyl groups is 1. The van der Waals surface area contributed by atoms with Crippen LogP contribution >= 0.6 is 11.6 Å². The largest absolute Gasteiger partial charge is 0.426 e. The first-order valence-corrected chi connectivity index (χ1v) is 8.69. The molecule has 1 aromatic carbocycles. The minimum atomic E-state index is -0.772. The van der Waals surface area contributed by atoms with E-state index >= 15 is 0 Å². The summed E-state index contributed by atoms with van der Waals surface area (Å²) < 4.78 is 13.3. The molecule has 0 fully saturated rings. The smallest absolute Gasteiger partial charge is 0.394 e. The minimum absolute atomic E-state index is 0.0891. The molecule has 1 amide bonds. The van der Waals surface area contributed by atoms with Gasteiger partial charge in [-0.1, -0.05) is 17.7 Å². The number of nitrogens with one attached hydrogen (secondary N) is 2. The Morgan fingerprint density at radius 2 is 2.33 bits per heavy atom. The number of fused-ring (bicyclic) bond motifs is 1. The molecule has 1 aliphatic heterocycles. The van der Waals surface area contributed by atoms with Gasteiger partial charge in [0, 0.05) is 19.8 Å². The predicted molar refractivity (Wildman–Crippen MR) is 96.5 cm³/mol. The highest BCUT2D eigenvalue weighted by molar-refractivity contribution is 6.30. The van der Waals surface area contributed by atoms with Crippen LogP contribution in [0.3, 0.4) is 0 Å². The zero-order valence-electron chi connectivity index (χ0n) is 14.6. The number of hydrogen-bond acceptors (Lipinski definition) is 7. The molecule has 10 heteroatoms. The monoisotopic (exact) mass is 395 g/mol. The number of rotatable bonds is 5. The molecular formula is C17H19ClFN5O3. The van der Waals surface area contributed by atoms with Crippen LogP contribution in [0.15, 0.2) is 24.4 Å². The average molecular weight is 396 g/mol. The van der Waals surface area contributed by atoms with Crippen LogP contribution in [-0.4, -0.2) is 46.4 Å². The standard InChI is InChI=1S/C17H19ClFN5O3/c1-20-16-21-7-11-4-5-24(8-14(11)22-16)27-17(26)23-15(9-25)10-2-3-13(19)12(18)6-10/h2-3,6-7,15,25H,4-5,8-9H2,1H3,(H,23,26)(H,20,21,22)/t15-/m1/s1. The Morgan fingerprint density at radius 1 is 1.52 bits per heavy atom. The lowest BCUT2D eigenvalue weighted by Crippen LogP contribution is -2.39. The van der Waals surface area contributed by atoms with Crippen molar-refractivity contribution in [1.29, 1.82) is 0 Å². The molecule has 3 rings (SSSR count). The normalized spacial score (nSPS) is 15.0. The Morgan fingerprint density at radius 3 is 3.04 bits per heavy atom. The van der Waals surface area contributed by atoms with Crippen LogP contribution in [-0.2, 0) is 17.8 Å². The molecule has 0 unspecified atom stereocenters. The van der Waals surface area contributed by atoms with Crippen molar-refractivity contribution in [3.05, 3.63) is 52.1 Å². The minimum Gasteiger partial charge on any atom is -0.394 e. The Labute approximate surface area is 160 Å². The molecule has 144 valence electrons. The summed E-state index contributed by atoms with van der Waals surface area (Å²) in [6, 6.07) is 3.20. The predicted octanol–water partition coefficient (Wildman–Crippen LogP) is 2.04. The summed E-state index contributed by atoms with van der Waals surface area (Å²) in [7, 11) is 1.73. The van der Waals surface area contributed by atoms with Gasteiger partial charge in [0.05, 0.1) is 29.9 Å². The van der Waals surface area contributed by atoms with Gasteiger partial charge in [0.2, 0.25) is 5.95 Å². The van der Waals surface area contributed by atoms with Gasteiger partial charge in [-0.25, -0.2) is 19.2 Å². The first kappa shape index (κ1) is 19.3. The second-order valence-corrected chi connectivity index (χ2v) is 6.37. The topological polar surface area (TPSA) is 99.6 Å². The van der Waals surface area contributed by atoms with Crippen molar-refractivity contribution in [3.63, 3.8) is 0 Å². The van der Waals surface area contributed by atoms with Gasteiger partial charge in [0.1, 0.15) is 5.82 Å². The molecular weight excluding hydrogens is 377 g/mol. The number of carbonyl (C=O) groups is 1. The molecule has 1 aromatic heterocycles. The van der Waals surface area contributed by atoms with Gasteiger partial charge in [-0.05, 0) is 29.7 Å². The lowest BCUT2D eigenvalue weighted by Gasteiger charge is -2.27. The van der Waals surface area contributed by atoms with E-state index in [1.807, 2.05) is 0 Å². The Bertz CT molecular complexity index is 838. The van der Waals surface area contributed by atoms with Crippen LogP contribution in [0.25, 0.3) is 0 Å². The number of amides is 1. The number of anilines is 1. The van der Waals surface area contributed by atoms with E-state index in [1.165, 1.54) is 23.3 Å². The summed E-state index contributed by atoms with van der Waals surface area (Å²) >= 11 is 5.75. The first-order chi connectivity index (χ1) is 13.0. The van der Waals surface area contributed by atoms with E-state index in [-0.39, 0.29) is 5.02 Å². The summed E-state index contributed by atoms with van der Waals surface area (Å²) in [5.41, 5.74) is 2.25. The van der Waals surface area contributed by atoms with Crippen molar-refractivity contribution >= 4 is 23.6 Å². The molecule has 0 saturated carbocycles. The quantitative estimate of drug-likeness (QED) is 0.712. The lowest BCUT2D eigenvalue weighted by molar-refractivity contribution is -0.113. The second-order valence-electron chi connectivity index (χ2n) is 5.96. The Balaban J connectivity index is 1.62. The zero-order chi connectivity index (χ0) is 19.4. The third-order valence-electron chi connectivity index (χ3n) is 4.17. The molecule has 0 saturated heterocycles. The molecule has 27 heavy (non-hydrogen) atoms. The number of nitrogens with zero attached hydrogens (tertiary/aromatic N) is 3. The summed E-state index contributed by atoms with van der Waals surface area (Å²) in [6.07, 6.45) is 1.66. The maximum absolute atomic E-state index is 13.3. The molecule has 1 aliphatic rings. The zero-order valence-corrected chi connectivity index (χ0v) is 15.3. The van der Waals surface area contributed by atoms with Gasteiger partial charge in [-0.3, -0.25) is 0 Å². The molecule has 0 radical (unpaired) electrons. The Hall–Kier alpha value is -2.49. The van der Waals surface area contributed by atoms with Gasteiger partial charge < -0.3 is 20.6 Å². The van der Waals surface area contributed by atoms with Gasteiger partial charge >= 0.3 is 6.09 Å². The summed E-state index contributed by atoms with van der Waals surface area (Å²) in [6.45, 7) is 0.430. The average Bonchev–Trinajstić information content (AvgIpc) is 2.67. The SMILES string of the molecule is CNc1ncc2c(n1)CN(OC(=O)N[C@H](CO)c1ccc(F)c(Cl)c1)CC2. The molecule has 0 spiro atoms. The third kappa shape index (κ3) is 4.62. The van der Waals surface area contributed by atoms with E-state index in [0.717, 1.165) is 11.3 Å². The second kappa shape index (κ2) is 8.47. The fraction of sp³-hybridized carbons (Fsp3) is 0.353. The van der Waals surface area contributed by atoms with Crippen LogP contribution in [0.2, 0.25) is 5.02 Å². The van der Waals surface area contributed by atoms with E-state index in [0.29, 0.717) is 31.0 Å². The van der Waals surface area contributed by atoms with Crippen molar-refractivity contribution in [2.24, 2.45) is 0 Å². The maximum Gasteiger partial charge on any atom is 0.426 e. The summed E-state index contributed by atoms with van der Waals surface area (Å²) in [4.78, 5) is 26.1. The number of benzene rings is 1. The fourth-order valence-electron chi connectivity index (χ4n) is 2.73. The van der Waals surface area contributed by atoms with E-state index in [1.54, 1.807) is 13.2 Å². The molecule has 2 heterocycles. The lowest BCUT2D eigenvalue weighted by atomic mass is 10.1. The van der Waals surface area contributed by atoms with Crippen LogP contribution in [0, 0.1) is 5.82 Å². The van der Waals surface area contributed by atoms with Gasteiger partial charge in [0.15, 0.2) is 0 Å². The van der Waals surface area contributed by atoms with Crippen molar-refractivity contribution in [3.8, 4) is 0 Å². The molecule has 3 N–H and O–H groups in total. The molecule has 0 aliphatic carbocycles. The van der Waals surface area contributed by atoms with Crippen LogP contribution in [0.5, 0.6) is 0 Å². The van der Waals surface area contributed by atoms with Gasteiger partial charge in [0.25, 0.3) is 0 Å². The van der Waals surface area contributed by atoms with Crippen molar-refractivity contribution in [2.45, 2.75) is 19.0 Å². The number of halogens is 2. The van der Waals surface area contributed by atoms with Crippen molar-refractivity contribution < 1.29 is 19.1 Å². The van der Waals surface area contributed by atoms with Gasteiger partial charge in [-0.2, -0.15) is 0 Å². The van der Waals surface area contributed by atoms with E-state index in [4.69, 9.17) is 16.4 Å². The van der Waals surface area contributed by atoms with E-state index in [9.17, 15) is 14.3 Å². The number of aromatic nitrogens is 2. The third-order valence-corrected chi connectivity index (χ3v) is 4.46. The molecule has 2 aromatic rings. The van der Waals surface area contributed by atoms with Crippen molar-refractivity contribution in [2.75, 3.05) is 25.5 Å². The van der Waals surface area contributed by atoms with Crippen LogP contribution in [0.1, 0.15) is 22.9 Å². The molecule has 8 nitrogen and oxygen atoms in total. The molecule has 1 atom stereocenters. The number of hydrogen-bond donors (Lipinski definition) is 3. The van der Waals surface area contributed by atoms with Gasteiger partial charge in [-0.15, -0.1) is 5.06 Å². The molecule has 0 bridgehead atoms. The highest BCUT2D eigenvalue weighted by Gasteiger charge is 2.23. The van der Waals surface area contributed by atoms with E-state index in [2.05, 4.69) is 20.6 Å². The highest BCUT2D eigenvalue weighted by atomic mass is 35.5. The number of hydroxylamine groups is 2. The fourth-order valence-corrected chi connectivity index (χ4v) is 2.92. The summed E-state index contributed by atoms with van der Waals surface area (Å²) in [5.74, 6) is -0.0804. The van der Waals surface area contributed by atoms with Crippen LogP contribution < -0.4 is 10.6 Å². The van der Waals surface area contributed by atoms with Crippen LogP contribution in [0.4, 0.5) is 15.1 Å². The number of carbonyl (C=O) groups excluding carboxylic acids is 1. The summed E-state index contributed by atoms with van der Waals surface area (Å²) in [5, 5.41) is 16.3. The first-order valence-electron chi connectivity index (χ1n) is 8.32. The Kier molecular flexibility index (Phi) is 6.04. The number of aliphatic hydroxyl groups excluding tert-OH is 1. The van der Waals surface area contributed by atoms with E-state index < -0.39 is 24.6 Å². The highest BCUT2D eigenvalue weighted by Crippen LogP contribution is 2.22. The maximum atomic E-state index is 13.3. The van der Waals surface area contributed by atoms with Crippen molar-refractivity contribution in [1.82, 2.24) is 20.3 Å².